The molecule has 1 aliphatic heterocycles. The fraction of sp³-hybridized carbons (Fsp3) is 0.600. The van der Waals surface area contributed by atoms with E-state index >= 15 is 0 Å². The Morgan fingerprint density at radius 2 is 1.94 bits per heavy atom. The standard InChI is InChI=1S/C10H12F3N3O/c11-10(12,13)8-7(6-17)5-14-9(15-8)16-3-1-2-4-16/h5,17H,1-4,6H2. The number of anilines is 1. The fourth-order valence-electron chi connectivity index (χ4n) is 1.83. The van der Waals surface area contributed by atoms with Gasteiger partial charge >= 0.3 is 6.18 Å². The first-order valence-electron chi connectivity index (χ1n) is 5.31. The lowest BCUT2D eigenvalue weighted by Crippen LogP contribution is -2.23. The highest BCUT2D eigenvalue weighted by molar-refractivity contribution is 5.35. The molecule has 0 radical (unpaired) electrons. The first-order valence-corrected chi connectivity index (χ1v) is 5.31. The van der Waals surface area contributed by atoms with Crippen molar-refractivity contribution in [3.05, 3.63) is 17.5 Å². The number of aliphatic hydroxyl groups excluding tert-OH is 1. The Morgan fingerprint density at radius 1 is 1.29 bits per heavy atom. The van der Waals surface area contributed by atoms with Crippen molar-refractivity contribution < 1.29 is 18.3 Å². The molecule has 17 heavy (non-hydrogen) atoms. The number of halogens is 3. The van der Waals surface area contributed by atoms with Gasteiger partial charge in [-0.15, -0.1) is 0 Å². The average Bonchev–Trinajstić information content (AvgIpc) is 2.80. The van der Waals surface area contributed by atoms with Crippen LogP contribution in [0.15, 0.2) is 6.20 Å². The molecule has 0 unspecified atom stereocenters. The summed E-state index contributed by atoms with van der Waals surface area (Å²) in [5.41, 5.74) is -1.34. The van der Waals surface area contributed by atoms with Crippen molar-refractivity contribution in [2.24, 2.45) is 0 Å². The van der Waals surface area contributed by atoms with E-state index < -0.39 is 18.5 Å². The maximum absolute atomic E-state index is 12.7. The second kappa shape index (κ2) is 4.48. The van der Waals surface area contributed by atoms with Crippen molar-refractivity contribution >= 4 is 5.95 Å². The largest absolute Gasteiger partial charge is 0.433 e. The lowest BCUT2D eigenvalue weighted by Gasteiger charge is -2.17. The van der Waals surface area contributed by atoms with Gasteiger partial charge in [-0.3, -0.25) is 0 Å². The Balaban J connectivity index is 2.37. The lowest BCUT2D eigenvalue weighted by molar-refractivity contribution is -0.142. The number of aliphatic hydroxyl groups is 1. The summed E-state index contributed by atoms with van der Waals surface area (Å²) in [4.78, 5) is 9.11. The summed E-state index contributed by atoms with van der Waals surface area (Å²) in [6.45, 7) is 0.640. The monoisotopic (exact) mass is 247 g/mol. The minimum absolute atomic E-state index is 0.0898. The van der Waals surface area contributed by atoms with E-state index in [9.17, 15) is 13.2 Å². The van der Waals surface area contributed by atoms with Crippen LogP contribution in [0.3, 0.4) is 0 Å². The lowest BCUT2D eigenvalue weighted by atomic mass is 10.2. The molecule has 1 aromatic heterocycles. The van der Waals surface area contributed by atoms with Gasteiger partial charge in [0.25, 0.3) is 0 Å². The van der Waals surface area contributed by atoms with Gasteiger partial charge in [0.2, 0.25) is 5.95 Å². The first kappa shape index (κ1) is 12.1. The van der Waals surface area contributed by atoms with Crippen molar-refractivity contribution in [3.8, 4) is 0 Å². The molecule has 2 heterocycles. The van der Waals surface area contributed by atoms with E-state index in [0.29, 0.717) is 13.1 Å². The van der Waals surface area contributed by atoms with E-state index in [2.05, 4.69) is 9.97 Å². The SMILES string of the molecule is OCc1cnc(N2CCCC2)nc1C(F)(F)F. The highest BCUT2D eigenvalue weighted by atomic mass is 19.4. The van der Waals surface area contributed by atoms with Crippen LogP contribution >= 0.6 is 0 Å². The number of aromatic nitrogens is 2. The van der Waals surface area contributed by atoms with Gasteiger partial charge in [-0.25, -0.2) is 9.97 Å². The summed E-state index contributed by atoms with van der Waals surface area (Å²) in [5.74, 6) is 0.0898. The summed E-state index contributed by atoms with van der Waals surface area (Å²) in [6, 6.07) is 0. The van der Waals surface area contributed by atoms with Crippen molar-refractivity contribution in [1.29, 1.82) is 0 Å². The zero-order valence-electron chi connectivity index (χ0n) is 9.04. The average molecular weight is 247 g/mol. The molecule has 0 amide bonds. The highest BCUT2D eigenvalue weighted by Crippen LogP contribution is 2.31. The molecular weight excluding hydrogens is 235 g/mol. The van der Waals surface area contributed by atoms with Crippen molar-refractivity contribution in [1.82, 2.24) is 9.97 Å². The zero-order valence-corrected chi connectivity index (χ0v) is 9.04. The molecule has 0 atom stereocenters. The number of hydrogen-bond donors (Lipinski definition) is 1. The molecule has 0 bridgehead atoms. The quantitative estimate of drug-likeness (QED) is 0.862. The van der Waals surface area contributed by atoms with Gasteiger partial charge in [-0.2, -0.15) is 13.2 Å². The van der Waals surface area contributed by atoms with E-state index in [4.69, 9.17) is 5.11 Å². The minimum Gasteiger partial charge on any atom is -0.392 e. The maximum atomic E-state index is 12.7. The Bertz CT molecular complexity index is 402. The van der Waals surface area contributed by atoms with E-state index in [1.165, 1.54) is 0 Å². The smallest absolute Gasteiger partial charge is 0.392 e. The van der Waals surface area contributed by atoms with Crippen LogP contribution in [-0.4, -0.2) is 28.2 Å². The third kappa shape index (κ3) is 2.49. The van der Waals surface area contributed by atoms with Crippen LogP contribution in [0.2, 0.25) is 0 Å². The molecule has 0 aromatic carbocycles. The first-order chi connectivity index (χ1) is 8.02. The van der Waals surface area contributed by atoms with Crippen LogP contribution in [0.25, 0.3) is 0 Å². The van der Waals surface area contributed by atoms with Crippen molar-refractivity contribution in [2.75, 3.05) is 18.0 Å². The van der Waals surface area contributed by atoms with Gasteiger partial charge < -0.3 is 10.0 Å². The molecule has 7 heteroatoms. The van der Waals surface area contributed by atoms with Gasteiger partial charge in [0.05, 0.1) is 6.61 Å². The molecule has 1 fully saturated rings. The van der Waals surface area contributed by atoms with Gasteiger partial charge in [-0.05, 0) is 12.8 Å². The molecule has 1 aromatic rings. The molecule has 1 saturated heterocycles. The van der Waals surface area contributed by atoms with Gasteiger partial charge in [0.1, 0.15) is 0 Å². The number of alkyl halides is 3. The number of rotatable bonds is 2. The van der Waals surface area contributed by atoms with Crippen LogP contribution < -0.4 is 4.90 Å². The van der Waals surface area contributed by atoms with E-state index in [1.807, 2.05) is 0 Å². The molecule has 94 valence electrons. The number of hydrogen-bond acceptors (Lipinski definition) is 4. The second-order valence-corrected chi connectivity index (χ2v) is 3.89. The predicted molar refractivity (Wildman–Crippen MR) is 54.4 cm³/mol. The van der Waals surface area contributed by atoms with Gasteiger partial charge in [0, 0.05) is 24.8 Å². The Kier molecular flexibility index (Phi) is 3.19. The molecule has 0 saturated carbocycles. The van der Waals surface area contributed by atoms with E-state index in [1.54, 1.807) is 4.90 Å². The van der Waals surface area contributed by atoms with Crippen LogP contribution in [-0.2, 0) is 12.8 Å². The summed E-state index contributed by atoms with van der Waals surface area (Å²) in [7, 11) is 0. The van der Waals surface area contributed by atoms with Gasteiger partial charge in [-0.1, -0.05) is 0 Å². The molecular formula is C10H12F3N3O. The molecule has 2 rings (SSSR count). The second-order valence-electron chi connectivity index (χ2n) is 3.89. The normalized spacial score (nSPS) is 16.6. The van der Waals surface area contributed by atoms with Crippen LogP contribution in [0.1, 0.15) is 24.1 Å². The fourth-order valence-corrected chi connectivity index (χ4v) is 1.83. The van der Waals surface area contributed by atoms with Crippen molar-refractivity contribution in [3.63, 3.8) is 0 Å². The Morgan fingerprint density at radius 3 is 2.47 bits per heavy atom. The molecule has 1 aliphatic rings. The third-order valence-corrected chi connectivity index (χ3v) is 2.68. The van der Waals surface area contributed by atoms with Gasteiger partial charge in [0.15, 0.2) is 5.69 Å². The van der Waals surface area contributed by atoms with E-state index in [0.717, 1.165) is 19.0 Å². The summed E-state index contributed by atoms with van der Waals surface area (Å²) < 4.78 is 38.0. The predicted octanol–water partition coefficient (Wildman–Crippen LogP) is 1.59. The Hall–Kier alpha value is -1.37. The topological polar surface area (TPSA) is 49.3 Å². The summed E-state index contributed by atoms with van der Waals surface area (Å²) in [6.07, 6.45) is -1.64. The third-order valence-electron chi connectivity index (χ3n) is 2.68. The summed E-state index contributed by atoms with van der Waals surface area (Å²) >= 11 is 0. The Labute approximate surface area is 96.1 Å². The molecule has 4 nitrogen and oxygen atoms in total. The molecule has 1 N–H and O–H groups in total. The maximum Gasteiger partial charge on any atom is 0.433 e. The minimum atomic E-state index is -4.56. The van der Waals surface area contributed by atoms with Crippen LogP contribution in [0, 0.1) is 0 Å². The zero-order chi connectivity index (χ0) is 12.5. The van der Waals surface area contributed by atoms with Crippen LogP contribution in [0.4, 0.5) is 19.1 Å². The van der Waals surface area contributed by atoms with Crippen molar-refractivity contribution in [2.45, 2.75) is 25.6 Å². The molecule has 0 aliphatic carbocycles. The molecule has 0 spiro atoms. The van der Waals surface area contributed by atoms with Crippen LogP contribution in [0.5, 0.6) is 0 Å². The summed E-state index contributed by atoms with van der Waals surface area (Å²) in [5, 5.41) is 8.84. The number of nitrogens with zero attached hydrogens (tertiary/aromatic N) is 3. The van der Waals surface area contributed by atoms with E-state index in [-0.39, 0.29) is 11.5 Å². The highest BCUT2D eigenvalue weighted by Gasteiger charge is 2.36.